The van der Waals surface area contributed by atoms with Crippen LogP contribution in [0.4, 0.5) is 0 Å². The number of rotatable bonds is 6. The third-order valence-corrected chi connectivity index (χ3v) is 5.70. The van der Waals surface area contributed by atoms with Gasteiger partial charge in [0.05, 0.1) is 17.3 Å². The predicted molar refractivity (Wildman–Crippen MR) is 122 cm³/mol. The van der Waals surface area contributed by atoms with Gasteiger partial charge in [-0.25, -0.2) is 4.79 Å². The molecule has 0 atom stereocenters. The lowest BCUT2D eigenvalue weighted by Gasteiger charge is -2.13. The standard InChI is InChI=1S/C25H20N2O3S/c1-15-3-7-17(8-4-15)13-20(24(28)18-9-5-16(2)6-10-18)23(25(29)30)19-11-12-21-22(14-19)27-31-26-21/h3-12,14H,13H2,1-2H3,(H,29,30)/b23-20+. The van der Waals surface area contributed by atoms with Gasteiger partial charge in [-0.2, -0.15) is 8.75 Å². The van der Waals surface area contributed by atoms with Crippen LogP contribution in [0.3, 0.4) is 0 Å². The molecule has 1 heterocycles. The normalized spacial score (nSPS) is 11.9. The molecule has 0 aliphatic rings. The van der Waals surface area contributed by atoms with Crippen molar-refractivity contribution in [1.29, 1.82) is 0 Å². The van der Waals surface area contributed by atoms with E-state index in [1.807, 2.05) is 50.2 Å². The SMILES string of the molecule is Cc1ccc(C/C(C(=O)c2ccc(C)cc2)=C(\C(=O)O)c2ccc3nsnc3c2)cc1. The van der Waals surface area contributed by atoms with Crippen LogP contribution in [0.1, 0.15) is 32.6 Å². The molecule has 1 N–H and O–H groups in total. The van der Waals surface area contributed by atoms with E-state index in [0.29, 0.717) is 22.2 Å². The summed E-state index contributed by atoms with van der Waals surface area (Å²) in [7, 11) is 0. The van der Waals surface area contributed by atoms with E-state index < -0.39 is 5.97 Å². The van der Waals surface area contributed by atoms with E-state index in [4.69, 9.17) is 0 Å². The van der Waals surface area contributed by atoms with Gasteiger partial charge in [0, 0.05) is 17.6 Å². The molecule has 4 aromatic rings. The van der Waals surface area contributed by atoms with Crippen molar-refractivity contribution in [1.82, 2.24) is 8.75 Å². The number of carboxylic acid groups (broad SMARTS) is 1. The third-order valence-electron chi connectivity index (χ3n) is 5.15. The lowest BCUT2D eigenvalue weighted by Crippen LogP contribution is -2.14. The van der Waals surface area contributed by atoms with E-state index >= 15 is 0 Å². The van der Waals surface area contributed by atoms with Gasteiger partial charge in [-0.1, -0.05) is 65.7 Å². The van der Waals surface area contributed by atoms with Crippen molar-refractivity contribution in [3.05, 3.63) is 100 Å². The van der Waals surface area contributed by atoms with Gasteiger partial charge in [-0.15, -0.1) is 0 Å². The maximum atomic E-state index is 13.5. The van der Waals surface area contributed by atoms with Crippen LogP contribution in [0.5, 0.6) is 0 Å². The quantitative estimate of drug-likeness (QED) is 0.334. The molecule has 31 heavy (non-hydrogen) atoms. The maximum Gasteiger partial charge on any atom is 0.336 e. The molecule has 0 aliphatic heterocycles. The number of ketones is 1. The molecule has 0 saturated heterocycles. The number of carboxylic acids is 1. The van der Waals surface area contributed by atoms with E-state index in [9.17, 15) is 14.7 Å². The molecule has 0 fully saturated rings. The third kappa shape index (κ3) is 4.44. The highest BCUT2D eigenvalue weighted by atomic mass is 32.1. The second-order valence-electron chi connectivity index (χ2n) is 7.48. The molecule has 0 aliphatic carbocycles. The molecule has 1 aromatic heterocycles. The molecule has 154 valence electrons. The zero-order chi connectivity index (χ0) is 22.0. The average molecular weight is 429 g/mol. The zero-order valence-corrected chi connectivity index (χ0v) is 17.9. The van der Waals surface area contributed by atoms with E-state index in [1.54, 1.807) is 30.3 Å². The molecule has 6 heteroatoms. The topological polar surface area (TPSA) is 80.2 Å². The second kappa shape index (κ2) is 8.62. The predicted octanol–water partition coefficient (Wildman–Crippen LogP) is 5.27. The average Bonchev–Trinajstić information content (AvgIpc) is 3.22. The second-order valence-corrected chi connectivity index (χ2v) is 8.01. The Morgan fingerprint density at radius 3 is 2.03 bits per heavy atom. The summed E-state index contributed by atoms with van der Waals surface area (Å²) >= 11 is 1.07. The molecule has 0 unspecified atom stereocenters. The lowest BCUT2D eigenvalue weighted by atomic mass is 9.89. The number of hydrogen-bond acceptors (Lipinski definition) is 5. The number of carbonyl (C=O) groups is 2. The Bertz CT molecular complexity index is 1300. The first-order valence-electron chi connectivity index (χ1n) is 9.78. The summed E-state index contributed by atoms with van der Waals surface area (Å²) in [6.45, 7) is 3.93. The van der Waals surface area contributed by atoms with Gasteiger partial charge < -0.3 is 5.11 Å². The Balaban J connectivity index is 1.90. The minimum absolute atomic E-state index is 0.0129. The van der Waals surface area contributed by atoms with Crippen molar-refractivity contribution in [3.63, 3.8) is 0 Å². The zero-order valence-electron chi connectivity index (χ0n) is 17.1. The fourth-order valence-electron chi connectivity index (χ4n) is 3.44. The highest BCUT2D eigenvalue weighted by Crippen LogP contribution is 2.28. The van der Waals surface area contributed by atoms with Crippen molar-refractivity contribution in [3.8, 4) is 0 Å². The molecule has 0 bridgehead atoms. The summed E-state index contributed by atoms with van der Waals surface area (Å²) in [6, 6.07) is 20.0. The molecular weight excluding hydrogens is 408 g/mol. The van der Waals surface area contributed by atoms with Crippen LogP contribution in [0.25, 0.3) is 16.6 Å². The van der Waals surface area contributed by atoms with Gasteiger partial charge in [0.2, 0.25) is 0 Å². The van der Waals surface area contributed by atoms with Crippen LogP contribution >= 0.6 is 11.7 Å². The summed E-state index contributed by atoms with van der Waals surface area (Å²) in [5.74, 6) is -1.44. The molecule has 4 rings (SSSR count). The largest absolute Gasteiger partial charge is 0.478 e. The Hall–Kier alpha value is -3.64. The maximum absolute atomic E-state index is 13.5. The lowest BCUT2D eigenvalue weighted by molar-refractivity contribution is -0.130. The Labute approximate surface area is 184 Å². The first-order valence-corrected chi connectivity index (χ1v) is 10.5. The summed E-state index contributed by atoms with van der Waals surface area (Å²) in [5.41, 5.74) is 5.43. The number of benzene rings is 3. The molecule has 0 radical (unpaired) electrons. The minimum Gasteiger partial charge on any atom is -0.478 e. The number of allylic oxidation sites excluding steroid dienone is 1. The molecule has 0 amide bonds. The van der Waals surface area contributed by atoms with E-state index in [-0.39, 0.29) is 23.4 Å². The van der Waals surface area contributed by atoms with E-state index in [1.165, 1.54) is 0 Å². The number of aryl methyl sites for hydroxylation is 2. The van der Waals surface area contributed by atoms with Gasteiger partial charge in [0.1, 0.15) is 11.0 Å². The summed E-state index contributed by atoms with van der Waals surface area (Å²) in [4.78, 5) is 25.9. The first-order chi connectivity index (χ1) is 14.9. The number of carbonyl (C=O) groups excluding carboxylic acids is 1. The molecule has 3 aromatic carbocycles. The number of Topliss-reactive ketones (excluding diaryl/α,β-unsaturated/α-hetero) is 1. The Kier molecular flexibility index (Phi) is 5.73. The van der Waals surface area contributed by atoms with Crippen molar-refractivity contribution in [2.75, 3.05) is 0 Å². The smallest absolute Gasteiger partial charge is 0.336 e. The monoisotopic (exact) mass is 428 g/mol. The van der Waals surface area contributed by atoms with Crippen LogP contribution in [0.15, 0.2) is 72.3 Å². The van der Waals surface area contributed by atoms with Crippen molar-refractivity contribution >= 4 is 40.1 Å². The summed E-state index contributed by atoms with van der Waals surface area (Å²) in [5, 5.41) is 10.1. The first kappa shape index (κ1) is 20.6. The Morgan fingerprint density at radius 1 is 0.806 bits per heavy atom. The van der Waals surface area contributed by atoms with Gasteiger partial charge >= 0.3 is 5.97 Å². The number of aromatic nitrogens is 2. The van der Waals surface area contributed by atoms with Gasteiger partial charge in [-0.3, -0.25) is 4.79 Å². The number of fused-ring (bicyclic) bond motifs is 1. The number of aliphatic carboxylic acids is 1. The van der Waals surface area contributed by atoms with Crippen molar-refractivity contribution < 1.29 is 14.7 Å². The fourth-order valence-corrected chi connectivity index (χ4v) is 3.95. The highest BCUT2D eigenvalue weighted by molar-refractivity contribution is 7.00. The van der Waals surface area contributed by atoms with E-state index in [0.717, 1.165) is 28.4 Å². The fraction of sp³-hybridized carbons (Fsp3) is 0.120. The van der Waals surface area contributed by atoms with Crippen LogP contribution in [0, 0.1) is 13.8 Å². The summed E-state index contributed by atoms with van der Waals surface area (Å²) < 4.78 is 8.39. The van der Waals surface area contributed by atoms with Crippen LogP contribution in [0.2, 0.25) is 0 Å². The van der Waals surface area contributed by atoms with Crippen LogP contribution in [-0.4, -0.2) is 25.6 Å². The van der Waals surface area contributed by atoms with Crippen LogP contribution < -0.4 is 0 Å². The van der Waals surface area contributed by atoms with Gasteiger partial charge in [-0.05, 0) is 37.1 Å². The van der Waals surface area contributed by atoms with Crippen LogP contribution in [-0.2, 0) is 11.2 Å². The number of nitrogens with zero attached hydrogens (tertiary/aromatic N) is 2. The van der Waals surface area contributed by atoms with Gasteiger partial charge in [0.15, 0.2) is 5.78 Å². The van der Waals surface area contributed by atoms with Gasteiger partial charge in [0.25, 0.3) is 0 Å². The molecule has 0 saturated carbocycles. The Morgan fingerprint density at radius 2 is 1.39 bits per heavy atom. The van der Waals surface area contributed by atoms with E-state index in [2.05, 4.69) is 8.75 Å². The van der Waals surface area contributed by atoms with Crippen molar-refractivity contribution in [2.24, 2.45) is 0 Å². The summed E-state index contributed by atoms with van der Waals surface area (Å²) in [6.07, 6.45) is 0.210. The highest BCUT2D eigenvalue weighted by Gasteiger charge is 2.24. The molecule has 5 nitrogen and oxygen atoms in total. The molecular formula is C25H20N2O3S. The van der Waals surface area contributed by atoms with Crippen molar-refractivity contribution in [2.45, 2.75) is 20.3 Å². The minimum atomic E-state index is -1.15. The number of hydrogen-bond donors (Lipinski definition) is 1. The molecule has 0 spiro atoms.